The van der Waals surface area contributed by atoms with Gasteiger partial charge in [-0.2, -0.15) is 10.2 Å². The molecule has 0 saturated carbocycles. The van der Waals surface area contributed by atoms with Crippen LogP contribution in [0, 0.1) is 0 Å². The fraction of sp³-hybridized carbons (Fsp3) is 0.308. The summed E-state index contributed by atoms with van der Waals surface area (Å²) in [6.45, 7) is 27.4. The first kappa shape index (κ1) is 37.4. The van der Waals surface area contributed by atoms with Gasteiger partial charge in [0.05, 0.1) is 33.4 Å². The summed E-state index contributed by atoms with van der Waals surface area (Å²) in [7, 11) is 0. The number of aromatic nitrogens is 2. The molecular formula is C52H56N4. The molecule has 0 N–H and O–H groups in total. The average Bonchev–Trinajstić information content (AvgIpc) is 3.64. The van der Waals surface area contributed by atoms with Crippen LogP contribution < -0.4 is 0 Å². The van der Waals surface area contributed by atoms with E-state index in [-0.39, 0.29) is 21.7 Å². The molecule has 0 amide bonds. The number of hydrogen-bond acceptors (Lipinski definition) is 2. The van der Waals surface area contributed by atoms with Crippen LogP contribution in [0.2, 0.25) is 0 Å². The molecule has 4 nitrogen and oxygen atoms in total. The minimum Gasteiger partial charge on any atom is -0.309 e. The third-order valence-corrected chi connectivity index (χ3v) is 11.5. The zero-order valence-electron chi connectivity index (χ0n) is 35.3. The summed E-state index contributed by atoms with van der Waals surface area (Å²) in [6.07, 6.45) is 0. The largest absolute Gasteiger partial charge is 0.309 e. The molecule has 4 heteroatoms. The monoisotopic (exact) mass is 736 g/mol. The highest BCUT2D eigenvalue weighted by molar-refractivity contribution is 6.11. The zero-order chi connectivity index (χ0) is 39.9. The molecule has 0 atom stereocenters. The average molecular weight is 737 g/mol. The number of rotatable bonds is 4. The maximum atomic E-state index is 4.68. The lowest BCUT2D eigenvalue weighted by Gasteiger charge is -2.19. The van der Waals surface area contributed by atoms with Crippen molar-refractivity contribution in [1.82, 2.24) is 9.13 Å². The number of nitrogens with zero attached hydrogens (tertiary/aromatic N) is 4. The van der Waals surface area contributed by atoms with Gasteiger partial charge in [-0.05, 0) is 129 Å². The van der Waals surface area contributed by atoms with Crippen LogP contribution in [-0.2, 0) is 21.7 Å². The Morgan fingerprint density at radius 2 is 0.607 bits per heavy atom. The van der Waals surface area contributed by atoms with E-state index in [1.807, 2.05) is 0 Å². The molecule has 8 rings (SSSR count). The maximum absolute atomic E-state index is 4.68. The van der Waals surface area contributed by atoms with E-state index in [1.54, 1.807) is 0 Å². The molecule has 2 aromatic heterocycles. The molecule has 0 bridgehead atoms. The first-order valence-corrected chi connectivity index (χ1v) is 20.1. The normalized spacial score (nSPS) is 13.3. The summed E-state index contributed by atoms with van der Waals surface area (Å²) in [5, 5.41) is 14.5. The maximum Gasteiger partial charge on any atom is 0.0858 e. The van der Waals surface area contributed by atoms with E-state index in [0.717, 1.165) is 22.7 Å². The van der Waals surface area contributed by atoms with E-state index in [4.69, 9.17) is 0 Å². The topological polar surface area (TPSA) is 34.6 Å². The van der Waals surface area contributed by atoms with Gasteiger partial charge < -0.3 is 9.13 Å². The van der Waals surface area contributed by atoms with Crippen LogP contribution in [0.3, 0.4) is 0 Å². The van der Waals surface area contributed by atoms with Gasteiger partial charge in [0.2, 0.25) is 0 Å². The van der Waals surface area contributed by atoms with Gasteiger partial charge in [0, 0.05) is 32.9 Å². The highest BCUT2D eigenvalue weighted by Gasteiger charge is 2.23. The van der Waals surface area contributed by atoms with E-state index < -0.39 is 0 Å². The van der Waals surface area contributed by atoms with Crippen molar-refractivity contribution >= 4 is 55.0 Å². The quantitative estimate of drug-likeness (QED) is 0.161. The van der Waals surface area contributed by atoms with Crippen LogP contribution in [0.5, 0.6) is 0 Å². The van der Waals surface area contributed by atoms with Gasteiger partial charge in [-0.15, -0.1) is 0 Å². The van der Waals surface area contributed by atoms with Crippen molar-refractivity contribution in [2.45, 2.75) is 105 Å². The molecule has 8 aromatic rings. The van der Waals surface area contributed by atoms with E-state index in [2.05, 4.69) is 224 Å². The van der Waals surface area contributed by atoms with Crippen molar-refractivity contribution in [1.29, 1.82) is 0 Å². The van der Waals surface area contributed by atoms with Crippen LogP contribution in [-0.4, -0.2) is 9.13 Å². The van der Waals surface area contributed by atoms with Crippen LogP contribution in [0.25, 0.3) is 55.0 Å². The third kappa shape index (κ3) is 6.74. The summed E-state index contributed by atoms with van der Waals surface area (Å²) in [6, 6.07) is 44.8. The third-order valence-electron chi connectivity index (χ3n) is 11.5. The van der Waals surface area contributed by atoms with Crippen LogP contribution in [0.1, 0.15) is 105 Å². The Morgan fingerprint density at radius 3 is 0.929 bits per heavy atom. The molecule has 0 aliphatic carbocycles. The predicted molar refractivity (Wildman–Crippen MR) is 241 cm³/mol. The van der Waals surface area contributed by atoms with Crippen molar-refractivity contribution in [2.24, 2.45) is 10.2 Å². The molecule has 0 aliphatic heterocycles. The molecule has 0 saturated heterocycles. The first-order chi connectivity index (χ1) is 26.3. The van der Waals surface area contributed by atoms with Crippen molar-refractivity contribution in [3.63, 3.8) is 0 Å². The van der Waals surface area contributed by atoms with Crippen LogP contribution in [0.4, 0.5) is 11.4 Å². The Kier molecular flexibility index (Phi) is 8.73. The number of fused-ring (bicyclic) bond motifs is 6. The molecular weight excluding hydrogens is 681 g/mol. The molecule has 0 fully saturated rings. The summed E-state index contributed by atoms with van der Waals surface area (Å²) < 4.78 is 4.80. The Bertz CT molecular complexity index is 2600. The van der Waals surface area contributed by atoms with E-state index >= 15 is 0 Å². The van der Waals surface area contributed by atoms with Gasteiger partial charge >= 0.3 is 0 Å². The molecule has 0 spiro atoms. The van der Waals surface area contributed by atoms with Gasteiger partial charge in [-0.25, -0.2) is 0 Å². The van der Waals surface area contributed by atoms with Gasteiger partial charge in [0.25, 0.3) is 0 Å². The SMILES string of the molecule is CC(C)(C)c1ccc2c(c1)c1ccc(C(C)(C)C)cc1n2-c1ccc(N=Nc2ccc(-n3c4ccc(C(C)(C)C)cc4c4ccc(C(C)(C)C)cc43)cc2)cc1. The number of azo groups is 1. The minimum absolute atomic E-state index is 0.0455. The molecule has 0 aliphatic rings. The second-order valence-electron chi connectivity index (χ2n) is 19.8. The van der Waals surface area contributed by atoms with Crippen LogP contribution >= 0.6 is 0 Å². The van der Waals surface area contributed by atoms with E-state index in [1.165, 1.54) is 65.9 Å². The van der Waals surface area contributed by atoms with E-state index in [9.17, 15) is 0 Å². The molecule has 6 aromatic carbocycles. The minimum atomic E-state index is 0.0455. The lowest BCUT2D eigenvalue weighted by molar-refractivity contribution is 0.590. The molecule has 0 radical (unpaired) electrons. The Hall–Kier alpha value is -5.48. The fourth-order valence-corrected chi connectivity index (χ4v) is 7.92. The van der Waals surface area contributed by atoms with Gasteiger partial charge in [-0.3, -0.25) is 0 Å². The van der Waals surface area contributed by atoms with Crippen molar-refractivity contribution in [3.8, 4) is 11.4 Å². The summed E-state index contributed by atoms with van der Waals surface area (Å²) in [4.78, 5) is 0. The van der Waals surface area contributed by atoms with Gasteiger partial charge in [0.1, 0.15) is 0 Å². The Morgan fingerprint density at radius 1 is 0.304 bits per heavy atom. The van der Waals surface area contributed by atoms with Crippen molar-refractivity contribution in [3.05, 3.63) is 144 Å². The van der Waals surface area contributed by atoms with Crippen molar-refractivity contribution in [2.75, 3.05) is 0 Å². The van der Waals surface area contributed by atoms with Crippen LogP contribution in [0.15, 0.2) is 132 Å². The molecule has 2 heterocycles. The lowest BCUT2D eigenvalue weighted by atomic mass is 9.85. The second kappa shape index (κ2) is 13.0. The zero-order valence-corrected chi connectivity index (χ0v) is 35.3. The molecule has 56 heavy (non-hydrogen) atoms. The van der Waals surface area contributed by atoms with Gasteiger partial charge in [0.15, 0.2) is 0 Å². The predicted octanol–water partition coefficient (Wildman–Crippen LogP) is 15.5. The summed E-state index contributed by atoms with van der Waals surface area (Å²) in [5.74, 6) is 0. The fourth-order valence-electron chi connectivity index (χ4n) is 7.92. The highest BCUT2D eigenvalue weighted by atomic mass is 15.1. The Balaban J connectivity index is 1.13. The molecule has 0 unspecified atom stereocenters. The lowest BCUT2D eigenvalue weighted by Crippen LogP contribution is -2.10. The second-order valence-corrected chi connectivity index (χ2v) is 19.8. The number of hydrogen-bond donors (Lipinski definition) is 0. The van der Waals surface area contributed by atoms with Gasteiger partial charge in [-0.1, -0.05) is 119 Å². The number of benzene rings is 6. The Labute approximate surface area is 332 Å². The smallest absolute Gasteiger partial charge is 0.0858 e. The van der Waals surface area contributed by atoms with E-state index in [0.29, 0.717) is 0 Å². The summed E-state index contributed by atoms with van der Waals surface area (Å²) in [5.41, 5.74) is 14.3. The highest BCUT2D eigenvalue weighted by Crippen LogP contribution is 2.40. The summed E-state index contributed by atoms with van der Waals surface area (Å²) >= 11 is 0. The first-order valence-electron chi connectivity index (χ1n) is 20.1. The van der Waals surface area contributed by atoms with Crippen molar-refractivity contribution < 1.29 is 0 Å². The standard InChI is InChI=1S/C52H56N4/c1-49(2,3)33-15-27-45-43(29-33)41-25-13-35(51(7,8)9)31-47(41)55(45)39-21-17-37(18-22-39)53-54-38-19-23-40(24-20-38)56-46-28-16-34(50(4,5)6)30-44(46)42-26-14-36(32-48(42)56)52(10,11)12/h13-32H,1-12H3. The molecule has 284 valence electrons.